The Labute approximate surface area is 91.5 Å². The maximum Gasteiger partial charge on any atom is 0.304 e. The first kappa shape index (κ1) is 10.9. The summed E-state index contributed by atoms with van der Waals surface area (Å²) in [7, 11) is 0. The van der Waals surface area contributed by atoms with Crippen LogP contribution in [0.5, 0.6) is 0 Å². The van der Waals surface area contributed by atoms with Gasteiger partial charge in [-0.05, 0) is 24.2 Å². The highest BCUT2D eigenvalue weighted by Gasteiger charge is 2.49. The smallest absolute Gasteiger partial charge is 0.304 e. The van der Waals surface area contributed by atoms with Crippen LogP contribution < -0.4 is 0 Å². The molecule has 1 aliphatic heterocycles. The Morgan fingerprint density at radius 2 is 2.00 bits per heavy atom. The van der Waals surface area contributed by atoms with Crippen molar-refractivity contribution in [3.8, 4) is 0 Å². The minimum Gasteiger partial charge on any atom is -0.481 e. The third-order valence-corrected chi connectivity index (χ3v) is 4.11. The van der Waals surface area contributed by atoms with Gasteiger partial charge >= 0.3 is 5.97 Å². The first-order valence-corrected chi connectivity index (χ1v) is 5.98. The van der Waals surface area contributed by atoms with Crippen LogP contribution in [-0.4, -0.2) is 35.1 Å². The summed E-state index contributed by atoms with van der Waals surface area (Å²) < 4.78 is 0. The van der Waals surface area contributed by atoms with E-state index in [1.807, 2.05) is 0 Å². The minimum atomic E-state index is -0.664. The highest BCUT2D eigenvalue weighted by atomic mass is 16.4. The van der Waals surface area contributed by atoms with Crippen LogP contribution in [-0.2, 0) is 4.79 Å². The molecular weight excluding hydrogens is 190 g/mol. The number of nitrogens with zero attached hydrogens (tertiary/aromatic N) is 1. The fourth-order valence-electron chi connectivity index (χ4n) is 3.01. The van der Waals surface area contributed by atoms with Gasteiger partial charge in [0, 0.05) is 19.1 Å². The molecule has 1 atom stereocenters. The third kappa shape index (κ3) is 2.03. The molecule has 2 aliphatic rings. The van der Waals surface area contributed by atoms with E-state index in [9.17, 15) is 4.79 Å². The topological polar surface area (TPSA) is 40.5 Å². The van der Waals surface area contributed by atoms with E-state index in [1.54, 1.807) is 0 Å². The summed E-state index contributed by atoms with van der Waals surface area (Å²) in [5.74, 6) is -0.221. The van der Waals surface area contributed by atoms with Crippen molar-refractivity contribution in [2.75, 3.05) is 13.1 Å². The average molecular weight is 211 g/mol. The van der Waals surface area contributed by atoms with Crippen LogP contribution in [0.1, 0.15) is 39.5 Å². The van der Waals surface area contributed by atoms with Gasteiger partial charge in [0.1, 0.15) is 0 Å². The lowest BCUT2D eigenvalue weighted by Crippen LogP contribution is -2.63. The molecule has 0 aromatic heterocycles. The van der Waals surface area contributed by atoms with Crippen LogP contribution in [0.4, 0.5) is 0 Å². The second-order valence-electron chi connectivity index (χ2n) is 5.67. The van der Waals surface area contributed by atoms with Gasteiger partial charge < -0.3 is 5.11 Å². The SMILES string of the molecule is CC(C)C(CC(=O)O)N1CC2(CCC2)C1. The van der Waals surface area contributed by atoms with Gasteiger partial charge in [-0.2, -0.15) is 0 Å². The Balaban J connectivity index is 1.87. The monoisotopic (exact) mass is 211 g/mol. The second-order valence-corrected chi connectivity index (χ2v) is 5.67. The van der Waals surface area contributed by atoms with Gasteiger partial charge in [-0.3, -0.25) is 9.69 Å². The Bertz CT molecular complexity index is 250. The molecule has 1 N–H and O–H groups in total. The number of hydrogen-bond donors (Lipinski definition) is 1. The Morgan fingerprint density at radius 3 is 2.33 bits per heavy atom. The number of aliphatic carboxylic acids is 1. The molecule has 1 aliphatic carbocycles. The number of likely N-dealkylation sites (tertiary alicyclic amines) is 1. The van der Waals surface area contributed by atoms with Crippen molar-refractivity contribution in [1.29, 1.82) is 0 Å². The molecule has 1 unspecified atom stereocenters. The Hall–Kier alpha value is -0.570. The summed E-state index contributed by atoms with van der Waals surface area (Å²) in [5, 5.41) is 8.88. The first-order chi connectivity index (χ1) is 7.02. The van der Waals surface area contributed by atoms with E-state index in [0.717, 1.165) is 13.1 Å². The van der Waals surface area contributed by atoms with Gasteiger partial charge in [0.2, 0.25) is 0 Å². The van der Waals surface area contributed by atoms with Crippen LogP contribution in [0.25, 0.3) is 0 Å². The molecule has 2 rings (SSSR count). The average Bonchev–Trinajstić information content (AvgIpc) is 1.95. The molecule has 1 heterocycles. The Kier molecular flexibility index (Phi) is 2.75. The van der Waals surface area contributed by atoms with E-state index < -0.39 is 5.97 Å². The highest BCUT2D eigenvalue weighted by molar-refractivity contribution is 5.67. The van der Waals surface area contributed by atoms with E-state index in [1.165, 1.54) is 19.3 Å². The molecular formula is C12H21NO2. The maximum atomic E-state index is 10.8. The summed E-state index contributed by atoms with van der Waals surface area (Å²) in [6, 6.07) is 0.244. The molecule has 1 saturated carbocycles. The van der Waals surface area contributed by atoms with Crippen molar-refractivity contribution in [3.05, 3.63) is 0 Å². The number of rotatable bonds is 4. The van der Waals surface area contributed by atoms with E-state index in [4.69, 9.17) is 5.11 Å². The summed E-state index contributed by atoms with van der Waals surface area (Å²) in [6.07, 6.45) is 4.40. The largest absolute Gasteiger partial charge is 0.481 e. The first-order valence-electron chi connectivity index (χ1n) is 5.98. The molecule has 15 heavy (non-hydrogen) atoms. The summed E-state index contributed by atoms with van der Waals surface area (Å²) in [4.78, 5) is 13.1. The van der Waals surface area contributed by atoms with Gasteiger partial charge in [0.25, 0.3) is 0 Å². The van der Waals surface area contributed by atoms with Crippen molar-refractivity contribution in [2.45, 2.75) is 45.6 Å². The quantitative estimate of drug-likeness (QED) is 0.773. The number of carbonyl (C=O) groups is 1. The van der Waals surface area contributed by atoms with Crippen molar-refractivity contribution >= 4 is 5.97 Å². The molecule has 1 saturated heterocycles. The van der Waals surface area contributed by atoms with Crippen LogP contribution in [0.15, 0.2) is 0 Å². The van der Waals surface area contributed by atoms with Gasteiger partial charge in [-0.15, -0.1) is 0 Å². The van der Waals surface area contributed by atoms with Gasteiger partial charge in [-0.1, -0.05) is 20.3 Å². The lowest BCUT2D eigenvalue weighted by atomic mass is 9.63. The zero-order valence-corrected chi connectivity index (χ0v) is 9.70. The molecule has 0 aromatic carbocycles. The normalized spacial score (nSPS) is 26.1. The van der Waals surface area contributed by atoms with E-state index >= 15 is 0 Å². The summed E-state index contributed by atoms with van der Waals surface area (Å²) in [5.41, 5.74) is 0.603. The minimum absolute atomic E-state index is 0.244. The zero-order chi connectivity index (χ0) is 11.1. The van der Waals surface area contributed by atoms with Crippen LogP contribution in [0.3, 0.4) is 0 Å². The summed E-state index contributed by atoms with van der Waals surface area (Å²) in [6.45, 7) is 6.53. The molecule has 3 nitrogen and oxygen atoms in total. The molecule has 0 bridgehead atoms. The predicted octanol–water partition coefficient (Wildman–Crippen LogP) is 1.97. The van der Waals surface area contributed by atoms with E-state index in [2.05, 4.69) is 18.7 Å². The lowest BCUT2D eigenvalue weighted by Gasteiger charge is -2.59. The Morgan fingerprint density at radius 1 is 1.40 bits per heavy atom. The van der Waals surface area contributed by atoms with Gasteiger partial charge in [0.15, 0.2) is 0 Å². The van der Waals surface area contributed by atoms with Crippen molar-refractivity contribution in [2.24, 2.45) is 11.3 Å². The third-order valence-electron chi connectivity index (χ3n) is 4.11. The second kappa shape index (κ2) is 3.78. The standard InChI is InChI=1S/C12H21NO2/c1-9(2)10(6-11(14)15)13-7-12(8-13)4-3-5-12/h9-10H,3-8H2,1-2H3,(H,14,15). The van der Waals surface area contributed by atoms with Crippen LogP contribution in [0.2, 0.25) is 0 Å². The van der Waals surface area contributed by atoms with E-state index in [-0.39, 0.29) is 6.04 Å². The van der Waals surface area contributed by atoms with Crippen LogP contribution in [0, 0.1) is 11.3 Å². The molecule has 0 amide bonds. The molecule has 0 aromatic rings. The molecule has 2 fully saturated rings. The number of carboxylic acid groups (broad SMARTS) is 1. The molecule has 86 valence electrons. The highest BCUT2D eigenvalue weighted by Crippen LogP contribution is 2.49. The number of carboxylic acids is 1. The van der Waals surface area contributed by atoms with Crippen LogP contribution >= 0.6 is 0 Å². The fraction of sp³-hybridized carbons (Fsp3) is 0.917. The maximum absolute atomic E-state index is 10.8. The van der Waals surface area contributed by atoms with Crippen molar-refractivity contribution in [1.82, 2.24) is 4.90 Å². The van der Waals surface area contributed by atoms with Crippen molar-refractivity contribution < 1.29 is 9.90 Å². The van der Waals surface area contributed by atoms with Crippen molar-refractivity contribution in [3.63, 3.8) is 0 Å². The van der Waals surface area contributed by atoms with E-state index in [0.29, 0.717) is 17.8 Å². The number of hydrogen-bond acceptors (Lipinski definition) is 2. The fourth-order valence-corrected chi connectivity index (χ4v) is 3.01. The molecule has 1 spiro atoms. The van der Waals surface area contributed by atoms with Gasteiger partial charge in [-0.25, -0.2) is 0 Å². The van der Waals surface area contributed by atoms with Gasteiger partial charge in [0.05, 0.1) is 6.42 Å². The molecule has 0 radical (unpaired) electrons. The zero-order valence-electron chi connectivity index (χ0n) is 9.70. The predicted molar refractivity (Wildman–Crippen MR) is 58.7 cm³/mol. The lowest BCUT2D eigenvalue weighted by molar-refractivity contribution is -0.143. The summed E-state index contributed by atoms with van der Waals surface area (Å²) >= 11 is 0. The molecule has 3 heteroatoms.